The van der Waals surface area contributed by atoms with Gasteiger partial charge < -0.3 is 14.6 Å². The van der Waals surface area contributed by atoms with Crippen molar-refractivity contribution in [3.05, 3.63) is 51.3 Å². The largest absolute Gasteiger partial charge is 0.351 e. The lowest BCUT2D eigenvalue weighted by Gasteiger charge is -2.37. The molecule has 33 heavy (non-hydrogen) atoms. The van der Waals surface area contributed by atoms with E-state index >= 15 is 0 Å². The predicted molar refractivity (Wildman–Crippen MR) is 135 cm³/mol. The number of nitrogens with one attached hydrogen (secondary N) is 1. The Morgan fingerprint density at radius 1 is 1.21 bits per heavy atom. The van der Waals surface area contributed by atoms with Gasteiger partial charge in [-0.2, -0.15) is 0 Å². The Bertz CT molecular complexity index is 1160. The molecular weight excluding hydrogens is 482 g/mol. The van der Waals surface area contributed by atoms with E-state index in [1.807, 2.05) is 39.0 Å². The van der Waals surface area contributed by atoms with E-state index in [4.69, 9.17) is 0 Å². The van der Waals surface area contributed by atoms with Gasteiger partial charge in [-0.25, -0.2) is 4.99 Å². The summed E-state index contributed by atoms with van der Waals surface area (Å²) in [4.78, 5) is 34.5. The molecule has 0 bridgehead atoms. The zero-order chi connectivity index (χ0) is 23.9. The van der Waals surface area contributed by atoms with Gasteiger partial charge in [-0.1, -0.05) is 5.57 Å². The molecule has 2 aliphatic rings. The monoisotopic (exact) mass is 513 g/mol. The molecule has 0 aromatic carbocycles. The van der Waals surface area contributed by atoms with E-state index in [1.165, 1.54) is 0 Å². The number of hydrogen-bond acceptors (Lipinski definition) is 4. The van der Waals surface area contributed by atoms with Gasteiger partial charge in [0.05, 0.1) is 5.92 Å². The minimum Gasteiger partial charge on any atom is -0.351 e. The number of hydrogen-bond donors (Lipinski definition) is 1. The zero-order valence-electron chi connectivity index (χ0n) is 20.0. The van der Waals surface area contributed by atoms with E-state index in [9.17, 15) is 9.59 Å². The first-order valence-electron chi connectivity index (χ1n) is 11.4. The fourth-order valence-electron chi connectivity index (χ4n) is 4.92. The van der Waals surface area contributed by atoms with Crippen LogP contribution in [0.25, 0.3) is 5.52 Å². The number of rotatable bonds is 5. The molecule has 7 nitrogen and oxygen atoms in total. The Morgan fingerprint density at radius 3 is 2.58 bits per heavy atom. The number of halogens is 1. The van der Waals surface area contributed by atoms with Crippen LogP contribution < -0.4 is 5.32 Å². The van der Waals surface area contributed by atoms with E-state index in [0.717, 1.165) is 53.0 Å². The molecule has 2 aromatic heterocycles. The standard InChI is InChI=1S/C25H32BrN5O2/c1-15-10-16(2)28-25(33)22(15)13-27-24(32)21-12-20-11-19(26)14-31(20)23(17(21)3)18(4)30-8-6-29(5)7-9-30/h10-12,14,18,22H,6-9,13H2,1-5H3,(H,27,32). The van der Waals surface area contributed by atoms with Gasteiger partial charge >= 0.3 is 0 Å². The molecule has 8 heteroatoms. The maximum atomic E-state index is 13.3. The number of nitrogens with zero attached hydrogens (tertiary/aromatic N) is 4. The van der Waals surface area contributed by atoms with Gasteiger partial charge in [-0.15, -0.1) is 0 Å². The van der Waals surface area contributed by atoms with Crippen LogP contribution in [0.1, 0.15) is 48.4 Å². The summed E-state index contributed by atoms with van der Waals surface area (Å²) < 4.78 is 3.17. The van der Waals surface area contributed by atoms with Crippen molar-refractivity contribution in [1.82, 2.24) is 19.5 Å². The van der Waals surface area contributed by atoms with Crippen LogP contribution in [0.15, 0.2) is 39.4 Å². The van der Waals surface area contributed by atoms with Crippen molar-refractivity contribution in [2.75, 3.05) is 39.8 Å². The molecular formula is C25H32BrN5O2. The molecule has 2 aromatic rings. The zero-order valence-corrected chi connectivity index (χ0v) is 21.6. The molecule has 0 radical (unpaired) electrons. The van der Waals surface area contributed by atoms with E-state index in [1.54, 1.807) is 0 Å². The van der Waals surface area contributed by atoms with Gasteiger partial charge in [0.2, 0.25) is 0 Å². The third-order valence-corrected chi connectivity index (χ3v) is 7.35. The SMILES string of the molecule is CC1=CC(C)=NC(=O)C1CNC(=O)c1cc2cc(Br)cn2c(C(C)N2CCN(C)CC2)c1C. The molecule has 0 spiro atoms. The maximum absolute atomic E-state index is 13.3. The minimum absolute atomic E-state index is 0.161. The molecule has 1 saturated heterocycles. The summed E-state index contributed by atoms with van der Waals surface area (Å²) in [6.45, 7) is 12.3. The summed E-state index contributed by atoms with van der Waals surface area (Å²) in [6.07, 6.45) is 3.98. The Morgan fingerprint density at radius 2 is 1.91 bits per heavy atom. The number of likely N-dealkylation sites (N-methyl/N-ethyl adjacent to an activating group) is 1. The Hall–Kier alpha value is -2.29. The van der Waals surface area contributed by atoms with Crippen molar-refractivity contribution in [3.8, 4) is 0 Å². The fourth-order valence-corrected chi connectivity index (χ4v) is 5.36. The van der Waals surface area contributed by atoms with Crippen molar-refractivity contribution in [2.24, 2.45) is 10.9 Å². The Balaban J connectivity index is 1.63. The van der Waals surface area contributed by atoms with Crippen LogP contribution in [0, 0.1) is 12.8 Å². The summed E-state index contributed by atoms with van der Waals surface area (Å²) >= 11 is 3.60. The minimum atomic E-state index is -0.409. The summed E-state index contributed by atoms with van der Waals surface area (Å²) in [5.41, 5.74) is 5.35. The first-order valence-corrected chi connectivity index (χ1v) is 12.2. The number of carbonyl (C=O) groups excluding carboxylic acids is 2. The predicted octanol–water partition coefficient (Wildman–Crippen LogP) is 3.61. The number of pyridine rings is 1. The van der Waals surface area contributed by atoms with Crippen LogP contribution in [0.2, 0.25) is 0 Å². The van der Waals surface area contributed by atoms with Crippen molar-refractivity contribution < 1.29 is 9.59 Å². The number of fused-ring (bicyclic) bond motifs is 1. The van der Waals surface area contributed by atoms with Gasteiger partial charge in [-0.3, -0.25) is 14.5 Å². The molecule has 1 N–H and O–H groups in total. The summed E-state index contributed by atoms with van der Waals surface area (Å²) in [6, 6.07) is 4.13. The number of allylic oxidation sites excluding steroid dienone is 1. The van der Waals surface area contributed by atoms with Crippen LogP contribution in [-0.4, -0.2) is 71.5 Å². The van der Waals surface area contributed by atoms with Crippen molar-refractivity contribution in [3.63, 3.8) is 0 Å². The van der Waals surface area contributed by atoms with E-state index in [-0.39, 0.29) is 24.4 Å². The Kier molecular flexibility index (Phi) is 6.88. The highest BCUT2D eigenvalue weighted by atomic mass is 79.9. The third-order valence-electron chi connectivity index (χ3n) is 6.92. The molecule has 0 saturated carbocycles. The summed E-state index contributed by atoms with van der Waals surface area (Å²) in [7, 11) is 2.15. The lowest BCUT2D eigenvalue weighted by atomic mass is 9.95. The van der Waals surface area contributed by atoms with Crippen LogP contribution in [0.3, 0.4) is 0 Å². The smallest absolute Gasteiger partial charge is 0.254 e. The molecule has 2 atom stereocenters. The molecule has 4 rings (SSSR count). The molecule has 4 heterocycles. The van der Waals surface area contributed by atoms with Gasteiger partial charge in [0.15, 0.2) is 0 Å². The number of aromatic nitrogens is 1. The van der Waals surface area contributed by atoms with Gasteiger partial charge in [0, 0.05) is 71.9 Å². The van der Waals surface area contributed by atoms with Crippen molar-refractivity contribution in [2.45, 2.75) is 33.7 Å². The molecule has 2 aliphatic heterocycles. The fraction of sp³-hybridized carbons (Fsp3) is 0.480. The number of aliphatic imine (C=N–C) groups is 1. The second-order valence-corrected chi connectivity index (χ2v) is 10.2. The third kappa shape index (κ3) is 4.83. The highest BCUT2D eigenvalue weighted by Gasteiger charge is 2.28. The van der Waals surface area contributed by atoms with Crippen LogP contribution >= 0.6 is 15.9 Å². The van der Waals surface area contributed by atoms with Gasteiger partial charge in [0.1, 0.15) is 0 Å². The van der Waals surface area contributed by atoms with E-state index in [2.05, 4.69) is 60.6 Å². The lowest BCUT2D eigenvalue weighted by molar-refractivity contribution is -0.120. The second kappa shape index (κ2) is 9.52. The average molecular weight is 514 g/mol. The molecule has 176 valence electrons. The first-order chi connectivity index (χ1) is 15.7. The van der Waals surface area contributed by atoms with Gasteiger partial charge in [0.25, 0.3) is 11.8 Å². The van der Waals surface area contributed by atoms with Crippen LogP contribution in [0.4, 0.5) is 0 Å². The number of amides is 2. The van der Waals surface area contributed by atoms with Gasteiger partial charge in [-0.05, 0) is 74.4 Å². The molecule has 0 aliphatic carbocycles. The van der Waals surface area contributed by atoms with Crippen LogP contribution in [-0.2, 0) is 4.79 Å². The summed E-state index contributed by atoms with van der Waals surface area (Å²) in [5.74, 6) is -0.765. The Labute approximate surface area is 203 Å². The molecule has 2 amide bonds. The van der Waals surface area contributed by atoms with E-state index in [0.29, 0.717) is 11.3 Å². The summed E-state index contributed by atoms with van der Waals surface area (Å²) in [5, 5.41) is 3.00. The topological polar surface area (TPSA) is 69.4 Å². The van der Waals surface area contributed by atoms with E-state index < -0.39 is 5.92 Å². The van der Waals surface area contributed by atoms with Crippen molar-refractivity contribution in [1.29, 1.82) is 0 Å². The normalized spacial score (nSPS) is 21.2. The van der Waals surface area contributed by atoms with Crippen molar-refractivity contribution >= 4 is 39.0 Å². The number of dihydropyridines is 1. The quantitative estimate of drug-likeness (QED) is 0.662. The second-order valence-electron chi connectivity index (χ2n) is 9.28. The maximum Gasteiger partial charge on any atom is 0.254 e. The first kappa shape index (κ1) is 23.9. The average Bonchev–Trinajstić information content (AvgIpc) is 3.12. The lowest BCUT2D eigenvalue weighted by Crippen LogP contribution is -2.45. The number of carbonyl (C=O) groups is 2. The molecule has 2 unspecified atom stereocenters. The highest BCUT2D eigenvalue weighted by molar-refractivity contribution is 9.10. The van der Waals surface area contributed by atoms with Crippen LogP contribution in [0.5, 0.6) is 0 Å². The molecule has 1 fully saturated rings. The number of piperazine rings is 1. The highest BCUT2D eigenvalue weighted by Crippen LogP contribution is 2.30.